The first-order valence-corrected chi connectivity index (χ1v) is 8.28. The first-order chi connectivity index (χ1) is 9.56. The van der Waals surface area contributed by atoms with E-state index >= 15 is 0 Å². The first-order valence-electron chi connectivity index (χ1n) is 8.28. The van der Waals surface area contributed by atoms with E-state index in [-0.39, 0.29) is 0 Å². The molecule has 0 aliphatic heterocycles. The van der Waals surface area contributed by atoms with E-state index in [1.165, 1.54) is 25.7 Å². The number of nitrogens with zero attached hydrogens (tertiary/aromatic N) is 2. The Labute approximate surface area is 125 Å². The molecule has 1 aliphatic rings. The van der Waals surface area contributed by atoms with Gasteiger partial charge in [-0.3, -0.25) is 9.89 Å². The van der Waals surface area contributed by atoms with Gasteiger partial charge >= 0.3 is 0 Å². The normalized spacial score (nSPS) is 24.2. The summed E-state index contributed by atoms with van der Waals surface area (Å²) in [5, 5.41) is 7.01. The standard InChI is InChI=1S/C16H34N4/c1-6-20(13(2)3)12-11-18-16(17-5)19-15-9-7-14(4)8-10-15/h13-15H,6-12H2,1-5H3,(H2,17,18,19). The van der Waals surface area contributed by atoms with Crippen molar-refractivity contribution >= 4 is 5.96 Å². The summed E-state index contributed by atoms with van der Waals surface area (Å²) in [6, 6.07) is 1.21. The van der Waals surface area contributed by atoms with Crippen molar-refractivity contribution in [2.75, 3.05) is 26.7 Å². The Morgan fingerprint density at radius 3 is 2.40 bits per heavy atom. The molecule has 0 amide bonds. The molecule has 0 radical (unpaired) electrons. The molecule has 0 aromatic rings. The lowest BCUT2D eigenvalue weighted by Crippen LogP contribution is -2.47. The van der Waals surface area contributed by atoms with E-state index in [9.17, 15) is 0 Å². The topological polar surface area (TPSA) is 39.7 Å². The van der Waals surface area contributed by atoms with E-state index in [1.807, 2.05) is 7.05 Å². The van der Waals surface area contributed by atoms with Crippen LogP contribution < -0.4 is 10.6 Å². The molecule has 0 bridgehead atoms. The Morgan fingerprint density at radius 1 is 1.25 bits per heavy atom. The average molecular weight is 282 g/mol. The Hall–Kier alpha value is -0.770. The Balaban J connectivity index is 2.26. The van der Waals surface area contributed by atoms with E-state index < -0.39 is 0 Å². The molecule has 0 atom stereocenters. The molecule has 1 rings (SSSR count). The summed E-state index contributed by atoms with van der Waals surface area (Å²) in [5.74, 6) is 1.86. The maximum absolute atomic E-state index is 4.34. The molecule has 4 nitrogen and oxygen atoms in total. The van der Waals surface area contributed by atoms with Gasteiger partial charge in [0.05, 0.1) is 0 Å². The highest BCUT2D eigenvalue weighted by Crippen LogP contribution is 2.23. The molecule has 1 saturated carbocycles. The predicted molar refractivity (Wildman–Crippen MR) is 88.3 cm³/mol. The van der Waals surface area contributed by atoms with Crippen LogP contribution in [0.3, 0.4) is 0 Å². The van der Waals surface area contributed by atoms with Gasteiger partial charge in [0, 0.05) is 32.2 Å². The fraction of sp³-hybridized carbons (Fsp3) is 0.938. The van der Waals surface area contributed by atoms with Crippen LogP contribution in [0.15, 0.2) is 4.99 Å². The summed E-state index contributed by atoms with van der Waals surface area (Å²) in [6.45, 7) is 12.2. The van der Waals surface area contributed by atoms with Crippen LogP contribution >= 0.6 is 0 Å². The maximum atomic E-state index is 4.34. The summed E-state index contributed by atoms with van der Waals surface area (Å²) in [7, 11) is 1.86. The zero-order valence-electron chi connectivity index (χ0n) is 14.1. The highest BCUT2D eigenvalue weighted by Gasteiger charge is 2.18. The molecule has 4 heteroatoms. The Bertz CT molecular complexity index is 280. The van der Waals surface area contributed by atoms with E-state index in [1.54, 1.807) is 0 Å². The second kappa shape index (κ2) is 9.22. The second-order valence-corrected chi connectivity index (χ2v) is 6.32. The van der Waals surface area contributed by atoms with Crippen LogP contribution in [0.1, 0.15) is 53.4 Å². The van der Waals surface area contributed by atoms with Crippen molar-refractivity contribution < 1.29 is 0 Å². The van der Waals surface area contributed by atoms with Gasteiger partial charge in [0.25, 0.3) is 0 Å². The van der Waals surface area contributed by atoms with E-state index in [4.69, 9.17) is 0 Å². The zero-order chi connectivity index (χ0) is 15.0. The number of nitrogens with one attached hydrogen (secondary N) is 2. The number of guanidine groups is 1. The maximum Gasteiger partial charge on any atom is 0.191 e. The Morgan fingerprint density at radius 2 is 1.90 bits per heavy atom. The second-order valence-electron chi connectivity index (χ2n) is 6.32. The molecule has 20 heavy (non-hydrogen) atoms. The fourth-order valence-corrected chi connectivity index (χ4v) is 2.89. The van der Waals surface area contributed by atoms with E-state index in [2.05, 4.69) is 48.2 Å². The quantitative estimate of drug-likeness (QED) is 0.581. The van der Waals surface area contributed by atoms with Crippen molar-refractivity contribution in [3.05, 3.63) is 0 Å². The van der Waals surface area contributed by atoms with Crippen LogP contribution in [0.2, 0.25) is 0 Å². The molecule has 1 aliphatic carbocycles. The predicted octanol–water partition coefficient (Wildman–Crippen LogP) is 2.46. The molecule has 0 unspecified atom stereocenters. The minimum Gasteiger partial charge on any atom is -0.355 e. The highest BCUT2D eigenvalue weighted by molar-refractivity contribution is 5.79. The van der Waals surface area contributed by atoms with Crippen molar-refractivity contribution in [1.29, 1.82) is 0 Å². The molecule has 0 spiro atoms. The van der Waals surface area contributed by atoms with Gasteiger partial charge in [0.1, 0.15) is 0 Å². The van der Waals surface area contributed by atoms with E-state index in [0.717, 1.165) is 31.5 Å². The smallest absolute Gasteiger partial charge is 0.191 e. The van der Waals surface area contributed by atoms with Crippen molar-refractivity contribution in [1.82, 2.24) is 15.5 Å². The van der Waals surface area contributed by atoms with Gasteiger partial charge in [-0.2, -0.15) is 0 Å². The number of aliphatic imine (C=N–C) groups is 1. The van der Waals surface area contributed by atoms with Crippen LogP contribution in [-0.2, 0) is 0 Å². The van der Waals surface area contributed by atoms with Gasteiger partial charge in [-0.25, -0.2) is 0 Å². The third-order valence-corrected chi connectivity index (χ3v) is 4.41. The lowest BCUT2D eigenvalue weighted by atomic mass is 9.87. The summed E-state index contributed by atoms with van der Waals surface area (Å²) >= 11 is 0. The number of hydrogen-bond donors (Lipinski definition) is 2. The van der Waals surface area contributed by atoms with Crippen LogP contribution in [0.4, 0.5) is 0 Å². The largest absolute Gasteiger partial charge is 0.355 e. The van der Waals surface area contributed by atoms with Gasteiger partial charge in [-0.15, -0.1) is 0 Å². The van der Waals surface area contributed by atoms with Crippen molar-refractivity contribution in [3.8, 4) is 0 Å². The number of hydrogen-bond acceptors (Lipinski definition) is 2. The molecule has 0 aromatic carbocycles. The zero-order valence-corrected chi connectivity index (χ0v) is 14.1. The van der Waals surface area contributed by atoms with Gasteiger partial charge in [-0.05, 0) is 52.0 Å². The van der Waals surface area contributed by atoms with Crippen molar-refractivity contribution in [2.45, 2.75) is 65.5 Å². The van der Waals surface area contributed by atoms with E-state index in [0.29, 0.717) is 12.1 Å². The van der Waals surface area contributed by atoms with Gasteiger partial charge in [-0.1, -0.05) is 13.8 Å². The third-order valence-electron chi connectivity index (χ3n) is 4.41. The minimum absolute atomic E-state index is 0.602. The average Bonchev–Trinajstić information content (AvgIpc) is 2.44. The number of rotatable bonds is 6. The van der Waals surface area contributed by atoms with Crippen molar-refractivity contribution in [2.24, 2.45) is 10.9 Å². The van der Waals surface area contributed by atoms with Gasteiger partial charge in [0.15, 0.2) is 5.96 Å². The summed E-state index contributed by atoms with van der Waals surface area (Å²) < 4.78 is 0. The molecule has 0 saturated heterocycles. The van der Waals surface area contributed by atoms with Crippen LogP contribution in [0.5, 0.6) is 0 Å². The number of likely N-dealkylation sites (N-methyl/N-ethyl adjacent to an activating group) is 1. The first kappa shape index (κ1) is 17.3. The van der Waals surface area contributed by atoms with Crippen LogP contribution in [0, 0.1) is 5.92 Å². The summed E-state index contributed by atoms with van der Waals surface area (Å²) in [4.78, 5) is 6.81. The SMILES string of the molecule is CCN(CCNC(=NC)NC1CCC(C)CC1)C(C)C. The fourth-order valence-electron chi connectivity index (χ4n) is 2.89. The molecule has 1 fully saturated rings. The van der Waals surface area contributed by atoms with Crippen molar-refractivity contribution in [3.63, 3.8) is 0 Å². The molecule has 0 aromatic heterocycles. The van der Waals surface area contributed by atoms with Gasteiger partial charge < -0.3 is 10.6 Å². The summed E-state index contributed by atoms with van der Waals surface area (Å²) in [5.41, 5.74) is 0. The molecule has 0 heterocycles. The summed E-state index contributed by atoms with van der Waals surface area (Å²) in [6.07, 6.45) is 5.22. The van der Waals surface area contributed by atoms with Crippen LogP contribution in [0.25, 0.3) is 0 Å². The van der Waals surface area contributed by atoms with Gasteiger partial charge in [0.2, 0.25) is 0 Å². The lowest BCUT2D eigenvalue weighted by molar-refractivity contribution is 0.237. The molecular formula is C16H34N4. The Kier molecular flexibility index (Phi) is 7.97. The third kappa shape index (κ3) is 6.12. The monoisotopic (exact) mass is 282 g/mol. The molecular weight excluding hydrogens is 248 g/mol. The molecule has 2 N–H and O–H groups in total. The highest BCUT2D eigenvalue weighted by atomic mass is 15.2. The van der Waals surface area contributed by atoms with Crippen LogP contribution in [-0.4, -0.2) is 49.6 Å². The minimum atomic E-state index is 0.602. The molecule has 118 valence electrons. The lowest BCUT2D eigenvalue weighted by Gasteiger charge is -2.29.